The molecule has 0 fully saturated rings. The van der Waals surface area contributed by atoms with E-state index >= 15 is 0 Å². The summed E-state index contributed by atoms with van der Waals surface area (Å²) in [6.07, 6.45) is 0. The lowest BCUT2D eigenvalue weighted by atomic mass is 10.2. The Labute approximate surface area is 155 Å². The number of nitrogens with zero attached hydrogens (tertiary/aromatic N) is 2. The van der Waals surface area contributed by atoms with E-state index in [1.165, 1.54) is 11.8 Å². The van der Waals surface area contributed by atoms with Crippen LogP contribution < -0.4 is 5.32 Å². The number of carbonyl (C=O) groups excluding carboxylic acids is 2. The van der Waals surface area contributed by atoms with Crippen LogP contribution in [0.1, 0.15) is 17.3 Å². The van der Waals surface area contributed by atoms with Crippen molar-refractivity contribution in [1.29, 1.82) is 0 Å². The predicted octanol–water partition coefficient (Wildman–Crippen LogP) is 3.48. The molecule has 1 N–H and O–H groups in total. The summed E-state index contributed by atoms with van der Waals surface area (Å²) in [5, 5.41) is 3.54. The van der Waals surface area contributed by atoms with Crippen LogP contribution in [0.2, 0.25) is 0 Å². The second kappa shape index (κ2) is 8.05. The Morgan fingerprint density at radius 2 is 1.88 bits per heavy atom. The molecule has 0 aliphatic rings. The molecule has 134 valence electrons. The van der Waals surface area contributed by atoms with Gasteiger partial charge in [-0.15, -0.1) is 0 Å². The lowest BCUT2D eigenvalue weighted by Gasteiger charge is -2.10. The number of aromatic nitrogens is 2. The number of anilines is 1. The maximum absolute atomic E-state index is 12.3. The maximum atomic E-state index is 12.3. The van der Waals surface area contributed by atoms with Crippen LogP contribution >= 0.6 is 11.8 Å². The topological polar surface area (TPSA) is 73.2 Å². The molecule has 0 aliphatic heterocycles. The molecule has 6 nitrogen and oxygen atoms in total. The van der Waals surface area contributed by atoms with Crippen molar-refractivity contribution in [1.82, 2.24) is 9.55 Å². The zero-order valence-corrected chi connectivity index (χ0v) is 15.4. The minimum atomic E-state index is -0.452. The van der Waals surface area contributed by atoms with E-state index in [2.05, 4.69) is 10.3 Å². The molecule has 26 heavy (non-hydrogen) atoms. The Kier molecular flexibility index (Phi) is 5.58. The number of rotatable bonds is 6. The Morgan fingerprint density at radius 3 is 2.65 bits per heavy atom. The van der Waals surface area contributed by atoms with Crippen molar-refractivity contribution in [3.05, 3.63) is 54.1 Å². The summed E-state index contributed by atoms with van der Waals surface area (Å²) in [6, 6.07) is 14.6. The molecular weight excluding hydrogens is 350 g/mol. The Morgan fingerprint density at radius 1 is 1.15 bits per heavy atom. The molecule has 3 rings (SSSR count). The van der Waals surface area contributed by atoms with Gasteiger partial charge < -0.3 is 14.6 Å². The number of aryl methyl sites for hydroxylation is 1. The first-order valence-electron chi connectivity index (χ1n) is 8.20. The van der Waals surface area contributed by atoms with Gasteiger partial charge in [0.05, 0.1) is 34.6 Å². The lowest BCUT2D eigenvalue weighted by Crippen LogP contribution is -2.17. The molecule has 0 saturated carbocycles. The van der Waals surface area contributed by atoms with Crippen molar-refractivity contribution in [2.24, 2.45) is 7.05 Å². The third kappa shape index (κ3) is 3.88. The highest BCUT2D eigenvalue weighted by Gasteiger charge is 2.15. The van der Waals surface area contributed by atoms with E-state index in [1.54, 1.807) is 31.2 Å². The molecule has 2 aromatic carbocycles. The fourth-order valence-corrected chi connectivity index (χ4v) is 3.34. The van der Waals surface area contributed by atoms with E-state index < -0.39 is 5.97 Å². The average Bonchev–Trinajstić information content (AvgIpc) is 2.97. The molecular formula is C19H19N3O3S. The number of ether oxygens (including phenoxy) is 1. The molecule has 7 heteroatoms. The minimum Gasteiger partial charge on any atom is -0.462 e. The van der Waals surface area contributed by atoms with Crippen molar-refractivity contribution < 1.29 is 14.3 Å². The zero-order valence-electron chi connectivity index (χ0n) is 14.6. The quantitative estimate of drug-likeness (QED) is 0.532. The van der Waals surface area contributed by atoms with Gasteiger partial charge in [-0.2, -0.15) is 0 Å². The molecule has 0 atom stereocenters. The van der Waals surface area contributed by atoms with Gasteiger partial charge in [0.25, 0.3) is 0 Å². The first-order valence-corrected chi connectivity index (χ1v) is 9.19. The summed E-state index contributed by atoms with van der Waals surface area (Å²) in [5.41, 5.74) is 2.70. The summed E-state index contributed by atoms with van der Waals surface area (Å²) in [5.74, 6) is -0.473. The fraction of sp³-hybridized carbons (Fsp3) is 0.211. The number of para-hydroxylation sites is 3. The molecule has 0 aliphatic carbocycles. The van der Waals surface area contributed by atoms with Gasteiger partial charge in [-0.05, 0) is 31.2 Å². The van der Waals surface area contributed by atoms with E-state index in [9.17, 15) is 9.59 Å². The standard InChI is InChI=1S/C19H19N3O3S/c1-3-25-18(24)13-8-4-5-9-14(13)20-17(23)12-26-19-21-15-10-6-7-11-16(15)22(19)2/h4-11H,3,12H2,1-2H3,(H,20,23). The van der Waals surface area contributed by atoms with Crippen molar-refractivity contribution in [3.63, 3.8) is 0 Å². The highest BCUT2D eigenvalue weighted by Crippen LogP contribution is 2.23. The van der Waals surface area contributed by atoms with E-state index in [0.717, 1.165) is 16.2 Å². The molecule has 3 aromatic rings. The zero-order chi connectivity index (χ0) is 18.5. The van der Waals surface area contributed by atoms with Gasteiger partial charge in [0.2, 0.25) is 5.91 Å². The predicted molar refractivity (Wildman–Crippen MR) is 102 cm³/mol. The molecule has 0 saturated heterocycles. The first kappa shape index (κ1) is 18.0. The van der Waals surface area contributed by atoms with Crippen LogP contribution in [0.25, 0.3) is 11.0 Å². The number of fused-ring (bicyclic) bond motifs is 1. The lowest BCUT2D eigenvalue weighted by molar-refractivity contribution is -0.113. The fourth-order valence-electron chi connectivity index (χ4n) is 2.55. The largest absolute Gasteiger partial charge is 0.462 e. The number of amides is 1. The first-order chi connectivity index (χ1) is 12.6. The number of benzene rings is 2. The van der Waals surface area contributed by atoms with Crippen molar-refractivity contribution >= 4 is 40.4 Å². The number of carbonyl (C=O) groups is 2. The van der Waals surface area contributed by atoms with E-state index in [4.69, 9.17) is 4.74 Å². The van der Waals surface area contributed by atoms with Gasteiger partial charge in [-0.3, -0.25) is 4.79 Å². The second-order valence-electron chi connectivity index (χ2n) is 5.55. The maximum Gasteiger partial charge on any atom is 0.340 e. The van der Waals surface area contributed by atoms with Crippen LogP contribution in [0.3, 0.4) is 0 Å². The van der Waals surface area contributed by atoms with Gasteiger partial charge in [0.1, 0.15) is 0 Å². The summed E-state index contributed by atoms with van der Waals surface area (Å²) in [4.78, 5) is 28.8. The van der Waals surface area contributed by atoms with Crippen molar-refractivity contribution in [2.45, 2.75) is 12.1 Å². The Balaban J connectivity index is 1.68. The minimum absolute atomic E-state index is 0.189. The monoisotopic (exact) mass is 369 g/mol. The number of thioether (sulfide) groups is 1. The van der Waals surface area contributed by atoms with Gasteiger partial charge >= 0.3 is 5.97 Å². The highest BCUT2D eigenvalue weighted by atomic mass is 32.2. The number of hydrogen-bond acceptors (Lipinski definition) is 5. The molecule has 1 amide bonds. The molecule has 0 bridgehead atoms. The average molecular weight is 369 g/mol. The normalized spacial score (nSPS) is 10.7. The van der Waals surface area contributed by atoms with Crippen LogP contribution in [-0.2, 0) is 16.6 Å². The van der Waals surface area contributed by atoms with Crippen LogP contribution in [0.15, 0.2) is 53.7 Å². The third-order valence-corrected chi connectivity index (χ3v) is 4.80. The molecule has 0 spiro atoms. The Hall–Kier alpha value is -2.80. The van der Waals surface area contributed by atoms with Gasteiger partial charge in [-0.25, -0.2) is 9.78 Å². The number of nitrogens with one attached hydrogen (secondary N) is 1. The summed E-state index contributed by atoms with van der Waals surface area (Å²) < 4.78 is 6.98. The van der Waals surface area contributed by atoms with Gasteiger partial charge in [0, 0.05) is 7.05 Å². The third-order valence-electron chi connectivity index (χ3n) is 3.77. The number of esters is 1. The smallest absolute Gasteiger partial charge is 0.340 e. The summed E-state index contributed by atoms with van der Waals surface area (Å²) in [6.45, 7) is 2.02. The SMILES string of the molecule is CCOC(=O)c1ccccc1NC(=O)CSc1nc2ccccc2n1C. The summed E-state index contributed by atoms with van der Waals surface area (Å²) in [7, 11) is 1.92. The van der Waals surface area contributed by atoms with Crippen LogP contribution in [0, 0.1) is 0 Å². The highest BCUT2D eigenvalue weighted by molar-refractivity contribution is 7.99. The van der Waals surface area contributed by atoms with Crippen LogP contribution in [-0.4, -0.2) is 33.8 Å². The van der Waals surface area contributed by atoms with Crippen molar-refractivity contribution in [2.75, 3.05) is 17.7 Å². The molecule has 0 unspecified atom stereocenters. The van der Waals surface area contributed by atoms with Crippen molar-refractivity contribution in [3.8, 4) is 0 Å². The Bertz CT molecular complexity index is 952. The van der Waals surface area contributed by atoms with E-state index in [1.807, 2.05) is 35.9 Å². The second-order valence-corrected chi connectivity index (χ2v) is 6.49. The summed E-state index contributed by atoms with van der Waals surface area (Å²) >= 11 is 1.35. The van der Waals surface area contributed by atoms with Gasteiger partial charge in [0.15, 0.2) is 5.16 Å². The van der Waals surface area contributed by atoms with Crippen LogP contribution in [0.5, 0.6) is 0 Å². The molecule has 1 aromatic heterocycles. The molecule has 1 heterocycles. The molecule has 0 radical (unpaired) electrons. The number of imidazole rings is 1. The van der Waals surface area contributed by atoms with Crippen LogP contribution in [0.4, 0.5) is 5.69 Å². The number of hydrogen-bond donors (Lipinski definition) is 1. The van der Waals surface area contributed by atoms with E-state index in [-0.39, 0.29) is 18.3 Å². The van der Waals surface area contributed by atoms with E-state index in [0.29, 0.717) is 11.3 Å². The van der Waals surface area contributed by atoms with Gasteiger partial charge in [-0.1, -0.05) is 36.0 Å².